The summed E-state index contributed by atoms with van der Waals surface area (Å²) in [6.07, 6.45) is 2.06. The van der Waals surface area contributed by atoms with Gasteiger partial charge in [-0.25, -0.2) is 4.39 Å². The molecule has 0 aromatic heterocycles. The molecule has 0 bridgehead atoms. The summed E-state index contributed by atoms with van der Waals surface area (Å²) < 4.78 is 19.5. The fourth-order valence-electron chi connectivity index (χ4n) is 2.88. The van der Waals surface area contributed by atoms with E-state index in [1.54, 1.807) is 6.07 Å². The third-order valence-electron chi connectivity index (χ3n) is 3.85. The molecular formula is C16H25Cl2FN2O. The molecule has 22 heavy (non-hydrogen) atoms. The molecule has 0 radical (unpaired) electrons. The van der Waals surface area contributed by atoms with Crippen LogP contribution in [0.1, 0.15) is 38.3 Å². The molecule has 1 aromatic carbocycles. The summed E-state index contributed by atoms with van der Waals surface area (Å²) in [5.74, 6) is -0.200. The number of benzene rings is 1. The Morgan fingerprint density at radius 1 is 1.32 bits per heavy atom. The second-order valence-corrected chi connectivity index (χ2v) is 5.74. The van der Waals surface area contributed by atoms with Crippen LogP contribution < -0.4 is 10.1 Å². The highest BCUT2D eigenvalue weighted by molar-refractivity contribution is 6.32. The number of nitrogens with one attached hydrogen (secondary N) is 1. The first-order valence-corrected chi connectivity index (χ1v) is 8.11. The minimum absolute atomic E-state index is 0. The highest BCUT2D eigenvalue weighted by atomic mass is 35.5. The van der Waals surface area contributed by atoms with E-state index >= 15 is 0 Å². The highest BCUT2D eigenvalue weighted by Crippen LogP contribution is 2.34. The molecule has 0 amide bonds. The van der Waals surface area contributed by atoms with Crippen molar-refractivity contribution in [2.45, 2.75) is 32.7 Å². The van der Waals surface area contributed by atoms with E-state index in [4.69, 9.17) is 16.3 Å². The van der Waals surface area contributed by atoms with Gasteiger partial charge in [0.25, 0.3) is 0 Å². The zero-order chi connectivity index (χ0) is 15.2. The van der Waals surface area contributed by atoms with Crippen molar-refractivity contribution in [2.75, 3.05) is 32.8 Å². The Morgan fingerprint density at radius 3 is 2.55 bits per heavy atom. The molecule has 0 aliphatic carbocycles. The number of nitrogens with zero attached hydrogens (tertiary/aromatic N) is 1. The average molecular weight is 351 g/mol. The first kappa shape index (κ1) is 19.5. The standard InChI is InChI=1S/C16H24ClFN2O.ClH/c1-3-5-15(20-8-6-19-7-9-20)12-10-13(17)16(21-4-2)14(18)11-12;/h10-11,15,19H,3-9H2,1-2H3;1H/t15-;/m1./s1. The molecule has 0 saturated carbocycles. The summed E-state index contributed by atoms with van der Waals surface area (Å²) in [4.78, 5) is 2.41. The molecule has 1 atom stereocenters. The fraction of sp³-hybridized carbons (Fsp3) is 0.625. The van der Waals surface area contributed by atoms with E-state index in [2.05, 4.69) is 17.1 Å². The minimum Gasteiger partial charge on any atom is -0.489 e. The molecule has 0 spiro atoms. The van der Waals surface area contributed by atoms with Crippen LogP contribution in [0.3, 0.4) is 0 Å². The van der Waals surface area contributed by atoms with Crippen molar-refractivity contribution < 1.29 is 9.13 Å². The van der Waals surface area contributed by atoms with Gasteiger partial charge in [0, 0.05) is 32.2 Å². The van der Waals surface area contributed by atoms with Crippen molar-refractivity contribution in [3.05, 3.63) is 28.5 Å². The Kier molecular flexibility index (Phi) is 8.47. The molecular weight excluding hydrogens is 326 g/mol. The Bertz CT molecular complexity index is 444. The van der Waals surface area contributed by atoms with Gasteiger partial charge in [0.15, 0.2) is 11.6 Å². The van der Waals surface area contributed by atoms with E-state index in [1.807, 2.05) is 13.0 Å². The van der Waals surface area contributed by atoms with Crippen molar-refractivity contribution in [3.63, 3.8) is 0 Å². The van der Waals surface area contributed by atoms with Gasteiger partial charge in [0.2, 0.25) is 0 Å². The molecule has 0 unspecified atom stereocenters. The summed E-state index contributed by atoms with van der Waals surface area (Å²) in [5, 5.41) is 3.71. The molecule has 2 rings (SSSR count). The first-order chi connectivity index (χ1) is 10.2. The second-order valence-electron chi connectivity index (χ2n) is 5.34. The Morgan fingerprint density at radius 2 is 2.00 bits per heavy atom. The SMILES string of the molecule is CCC[C@H](c1cc(F)c(OCC)c(Cl)c1)N1CCNCC1.Cl. The Hall–Kier alpha value is -0.550. The Balaban J connectivity index is 0.00000242. The van der Waals surface area contributed by atoms with E-state index in [1.165, 1.54) is 0 Å². The minimum atomic E-state index is -0.365. The van der Waals surface area contributed by atoms with Gasteiger partial charge in [-0.3, -0.25) is 4.90 Å². The number of halogens is 3. The summed E-state index contributed by atoms with van der Waals surface area (Å²) in [6, 6.07) is 3.66. The Labute approximate surface area is 143 Å². The van der Waals surface area contributed by atoms with Crippen LogP contribution >= 0.6 is 24.0 Å². The van der Waals surface area contributed by atoms with Crippen LogP contribution in [0.15, 0.2) is 12.1 Å². The number of hydrogen-bond donors (Lipinski definition) is 1. The number of hydrogen-bond acceptors (Lipinski definition) is 3. The summed E-state index contributed by atoms with van der Waals surface area (Å²) in [5.41, 5.74) is 0.949. The molecule has 1 heterocycles. The molecule has 1 aliphatic rings. The van der Waals surface area contributed by atoms with E-state index in [9.17, 15) is 4.39 Å². The topological polar surface area (TPSA) is 24.5 Å². The van der Waals surface area contributed by atoms with Gasteiger partial charge in [-0.05, 0) is 31.0 Å². The largest absolute Gasteiger partial charge is 0.489 e. The lowest BCUT2D eigenvalue weighted by Crippen LogP contribution is -2.45. The van der Waals surface area contributed by atoms with Gasteiger partial charge in [-0.1, -0.05) is 24.9 Å². The molecule has 1 fully saturated rings. The van der Waals surface area contributed by atoms with Crippen LogP contribution in [-0.2, 0) is 0 Å². The van der Waals surface area contributed by atoms with Gasteiger partial charge >= 0.3 is 0 Å². The number of rotatable bonds is 6. The van der Waals surface area contributed by atoms with E-state index in [0.29, 0.717) is 11.6 Å². The van der Waals surface area contributed by atoms with Crippen LogP contribution in [0.25, 0.3) is 0 Å². The molecule has 3 nitrogen and oxygen atoms in total. The predicted octanol–water partition coefficient (Wildman–Crippen LogP) is 4.05. The van der Waals surface area contributed by atoms with Crippen LogP contribution in [0.5, 0.6) is 5.75 Å². The number of piperazine rings is 1. The average Bonchev–Trinajstić information content (AvgIpc) is 2.49. The van der Waals surface area contributed by atoms with Gasteiger partial charge in [0.1, 0.15) is 0 Å². The third kappa shape index (κ3) is 4.72. The monoisotopic (exact) mass is 350 g/mol. The maximum absolute atomic E-state index is 14.2. The lowest BCUT2D eigenvalue weighted by atomic mass is 9.99. The van der Waals surface area contributed by atoms with Crippen LogP contribution in [0.2, 0.25) is 5.02 Å². The fourth-order valence-corrected chi connectivity index (χ4v) is 3.15. The van der Waals surface area contributed by atoms with Gasteiger partial charge < -0.3 is 10.1 Å². The maximum Gasteiger partial charge on any atom is 0.173 e. The van der Waals surface area contributed by atoms with Crippen LogP contribution in [0.4, 0.5) is 4.39 Å². The zero-order valence-corrected chi connectivity index (χ0v) is 14.8. The smallest absolute Gasteiger partial charge is 0.173 e. The van der Waals surface area contributed by atoms with Gasteiger partial charge in [-0.2, -0.15) is 0 Å². The van der Waals surface area contributed by atoms with Crippen molar-refractivity contribution in [3.8, 4) is 5.75 Å². The first-order valence-electron chi connectivity index (χ1n) is 7.73. The molecule has 6 heteroatoms. The summed E-state index contributed by atoms with van der Waals surface area (Å²) >= 11 is 6.20. The predicted molar refractivity (Wildman–Crippen MR) is 91.9 cm³/mol. The van der Waals surface area contributed by atoms with Crippen molar-refractivity contribution >= 4 is 24.0 Å². The highest BCUT2D eigenvalue weighted by Gasteiger charge is 2.23. The number of ether oxygens (including phenoxy) is 1. The van der Waals surface area contributed by atoms with Crippen molar-refractivity contribution in [2.24, 2.45) is 0 Å². The lowest BCUT2D eigenvalue weighted by Gasteiger charge is -2.35. The van der Waals surface area contributed by atoms with Crippen LogP contribution in [-0.4, -0.2) is 37.7 Å². The normalized spacial score (nSPS) is 16.9. The maximum atomic E-state index is 14.2. The quantitative estimate of drug-likeness (QED) is 0.837. The summed E-state index contributed by atoms with van der Waals surface area (Å²) in [6.45, 7) is 8.31. The van der Waals surface area contributed by atoms with E-state index in [0.717, 1.165) is 44.6 Å². The molecule has 1 aliphatic heterocycles. The lowest BCUT2D eigenvalue weighted by molar-refractivity contribution is 0.164. The van der Waals surface area contributed by atoms with Crippen molar-refractivity contribution in [1.82, 2.24) is 10.2 Å². The van der Waals surface area contributed by atoms with Crippen LogP contribution in [0, 0.1) is 5.82 Å². The molecule has 126 valence electrons. The van der Waals surface area contributed by atoms with Crippen molar-refractivity contribution in [1.29, 1.82) is 0 Å². The molecule has 1 N–H and O–H groups in total. The molecule has 1 aromatic rings. The van der Waals surface area contributed by atoms with E-state index < -0.39 is 0 Å². The second kappa shape index (κ2) is 9.56. The van der Waals surface area contributed by atoms with Gasteiger partial charge in [0.05, 0.1) is 11.6 Å². The molecule has 1 saturated heterocycles. The van der Waals surface area contributed by atoms with Gasteiger partial charge in [-0.15, -0.1) is 12.4 Å². The van der Waals surface area contributed by atoms with E-state index in [-0.39, 0.29) is 30.0 Å². The third-order valence-corrected chi connectivity index (χ3v) is 4.13. The zero-order valence-electron chi connectivity index (χ0n) is 13.2. The summed E-state index contributed by atoms with van der Waals surface area (Å²) in [7, 11) is 0.